The standard InChI is InChI=1S/C8H5ClF3N3O2/c9-4-1-3-5(13-4)15(2-8(10,11)12)7(17)14-6(3)16/h1-2H2,(H,14,16,17). The number of fused-ring (bicyclic) bond motifs is 1. The van der Waals surface area contributed by atoms with Crippen molar-refractivity contribution in [1.29, 1.82) is 0 Å². The van der Waals surface area contributed by atoms with E-state index in [1.54, 1.807) is 4.98 Å². The van der Waals surface area contributed by atoms with Crippen molar-refractivity contribution < 1.29 is 13.2 Å². The lowest BCUT2D eigenvalue weighted by Crippen LogP contribution is -2.35. The van der Waals surface area contributed by atoms with Crippen LogP contribution in [0.4, 0.5) is 19.0 Å². The normalized spacial score (nSPS) is 14.7. The van der Waals surface area contributed by atoms with E-state index in [1.165, 1.54) is 0 Å². The summed E-state index contributed by atoms with van der Waals surface area (Å²) in [5.74, 6) is -0.318. The van der Waals surface area contributed by atoms with E-state index < -0.39 is 24.0 Å². The number of hydrogen-bond acceptors (Lipinski definition) is 3. The van der Waals surface area contributed by atoms with E-state index in [2.05, 4.69) is 4.99 Å². The molecule has 0 spiro atoms. The van der Waals surface area contributed by atoms with Crippen LogP contribution in [0, 0.1) is 0 Å². The molecule has 2 rings (SSSR count). The van der Waals surface area contributed by atoms with Gasteiger partial charge < -0.3 is 0 Å². The summed E-state index contributed by atoms with van der Waals surface area (Å²) in [6.45, 7) is -1.52. The molecule has 0 saturated heterocycles. The van der Waals surface area contributed by atoms with Crippen LogP contribution in [0.2, 0.25) is 0 Å². The number of aliphatic imine (C=N–C) groups is 1. The van der Waals surface area contributed by atoms with Crippen molar-refractivity contribution in [3.63, 3.8) is 0 Å². The van der Waals surface area contributed by atoms with Gasteiger partial charge in [0.1, 0.15) is 17.5 Å². The van der Waals surface area contributed by atoms with Crippen molar-refractivity contribution in [3.8, 4) is 0 Å². The summed E-state index contributed by atoms with van der Waals surface area (Å²) >= 11 is 5.55. The van der Waals surface area contributed by atoms with Gasteiger partial charge in [0.15, 0.2) is 0 Å². The highest BCUT2D eigenvalue weighted by molar-refractivity contribution is 6.66. The molecule has 5 nitrogen and oxygen atoms in total. The van der Waals surface area contributed by atoms with Crippen molar-refractivity contribution in [3.05, 3.63) is 26.4 Å². The predicted octanol–water partition coefficient (Wildman–Crippen LogP) is 0.924. The Morgan fingerprint density at radius 3 is 2.65 bits per heavy atom. The molecule has 0 amide bonds. The smallest absolute Gasteiger partial charge is 0.274 e. The minimum Gasteiger partial charge on any atom is -0.274 e. The summed E-state index contributed by atoms with van der Waals surface area (Å²) in [4.78, 5) is 28.0. The van der Waals surface area contributed by atoms with E-state index in [-0.39, 0.29) is 23.0 Å². The quantitative estimate of drug-likeness (QED) is 0.822. The number of hydrogen-bond donors (Lipinski definition) is 1. The van der Waals surface area contributed by atoms with E-state index in [0.29, 0.717) is 4.57 Å². The number of halogens is 4. The Morgan fingerprint density at radius 1 is 1.41 bits per heavy atom. The Balaban J connectivity index is 2.65. The SMILES string of the molecule is O=c1[nH]c(=O)n(CC(F)(F)F)c2c1CC(Cl)=N2. The minimum atomic E-state index is -4.58. The largest absolute Gasteiger partial charge is 0.406 e. The van der Waals surface area contributed by atoms with Crippen molar-refractivity contribution >= 4 is 22.6 Å². The van der Waals surface area contributed by atoms with E-state index in [1.807, 2.05) is 0 Å². The second-order valence-corrected chi connectivity index (χ2v) is 3.86. The zero-order chi connectivity index (χ0) is 12.8. The molecule has 0 radical (unpaired) electrons. The molecule has 9 heteroatoms. The number of H-pyrrole nitrogens is 1. The molecule has 1 N–H and O–H groups in total. The molecule has 0 bridgehead atoms. The third kappa shape index (κ3) is 2.26. The van der Waals surface area contributed by atoms with Crippen LogP contribution in [0.5, 0.6) is 0 Å². The fraction of sp³-hybridized carbons (Fsp3) is 0.375. The van der Waals surface area contributed by atoms with Gasteiger partial charge in [0.25, 0.3) is 5.56 Å². The molecule has 1 aliphatic rings. The Labute approximate surface area is 96.6 Å². The van der Waals surface area contributed by atoms with Crippen LogP contribution in [-0.4, -0.2) is 20.9 Å². The van der Waals surface area contributed by atoms with Gasteiger partial charge in [-0.05, 0) is 0 Å². The first-order valence-corrected chi connectivity index (χ1v) is 4.81. The predicted molar refractivity (Wildman–Crippen MR) is 54.0 cm³/mol. The molecular formula is C8H5ClF3N3O2. The second kappa shape index (κ2) is 3.73. The lowest BCUT2D eigenvalue weighted by molar-refractivity contribution is -0.141. The molecule has 1 aliphatic heterocycles. The molecule has 0 saturated carbocycles. The van der Waals surface area contributed by atoms with Gasteiger partial charge in [-0.2, -0.15) is 13.2 Å². The number of alkyl halides is 3. The van der Waals surface area contributed by atoms with Crippen molar-refractivity contribution in [2.24, 2.45) is 4.99 Å². The molecule has 0 atom stereocenters. The van der Waals surface area contributed by atoms with Crippen LogP contribution in [0.15, 0.2) is 14.6 Å². The van der Waals surface area contributed by atoms with Crippen LogP contribution < -0.4 is 11.2 Å². The summed E-state index contributed by atoms with van der Waals surface area (Å²) in [5.41, 5.74) is -1.94. The van der Waals surface area contributed by atoms with Crippen LogP contribution in [0.3, 0.4) is 0 Å². The van der Waals surface area contributed by atoms with Crippen LogP contribution in [-0.2, 0) is 13.0 Å². The van der Waals surface area contributed by atoms with Crippen LogP contribution in [0.1, 0.15) is 5.56 Å². The molecule has 0 aliphatic carbocycles. The van der Waals surface area contributed by atoms with Crippen molar-refractivity contribution in [1.82, 2.24) is 9.55 Å². The van der Waals surface area contributed by atoms with Gasteiger partial charge in [-0.25, -0.2) is 9.79 Å². The maximum Gasteiger partial charge on any atom is 0.406 e. The molecule has 17 heavy (non-hydrogen) atoms. The number of aromatic nitrogens is 2. The van der Waals surface area contributed by atoms with E-state index >= 15 is 0 Å². The average Bonchev–Trinajstić information content (AvgIpc) is 2.53. The Kier molecular flexibility index (Phi) is 2.61. The lowest BCUT2D eigenvalue weighted by atomic mass is 10.2. The molecule has 0 fully saturated rings. The maximum absolute atomic E-state index is 12.3. The summed E-state index contributed by atoms with van der Waals surface area (Å²) in [7, 11) is 0. The first-order chi connectivity index (χ1) is 7.78. The van der Waals surface area contributed by atoms with Crippen molar-refractivity contribution in [2.45, 2.75) is 19.1 Å². The number of nitrogens with zero attached hydrogens (tertiary/aromatic N) is 2. The fourth-order valence-corrected chi connectivity index (χ4v) is 1.73. The number of rotatable bonds is 1. The molecule has 1 aromatic heterocycles. The van der Waals surface area contributed by atoms with Crippen LogP contribution in [0.25, 0.3) is 0 Å². The third-order valence-corrected chi connectivity index (χ3v) is 2.37. The summed E-state index contributed by atoms with van der Waals surface area (Å²) in [6.07, 6.45) is -4.65. The molecule has 2 heterocycles. The molecular weight excluding hydrogens is 263 g/mol. The van der Waals surface area contributed by atoms with Gasteiger partial charge in [0.05, 0.1) is 5.56 Å². The first kappa shape index (κ1) is 11.9. The number of aromatic amines is 1. The van der Waals surface area contributed by atoms with Gasteiger partial charge >= 0.3 is 11.9 Å². The topological polar surface area (TPSA) is 67.2 Å². The van der Waals surface area contributed by atoms with Crippen molar-refractivity contribution in [2.75, 3.05) is 0 Å². The van der Waals surface area contributed by atoms with Gasteiger partial charge in [0, 0.05) is 6.42 Å². The molecule has 1 aromatic rings. The van der Waals surface area contributed by atoms with E-state index in [4.69, 9.17) is 11.6 Å². The molecule has 92 valence electrons. The van der Waals surface area contributed by atoms with Gasteiger partial charge in [-0.3, -0.25) is 14.3 Å². The van der Waals surface area contributed by atoms with Gasteiger partial charge in [-0.15, -0.1) is 0 Å². The zero-order valence-electron chi connectivity index (χ0n) is 8.14. The highest BCUT2D eigenvalue weighted by Gasteiger charge is 2.32. The monoisotopic (exact) mass is 267 g/mol. The van der Waals surface area contributed by atoms with E-state index in [9.17, 15) is 22.8 Å². The van der Waals surface area contributed by atoms with E-state index in [0.717, 1.165) is 0 Å². The first-order valence-electron chi connectivity index (χ1n) is 4.44. The molecule has 0 aromatic carbocycles. The lowest BCUT2D eigenvalue weighted by Gasteiger charge is -2.11. The Hall–Kier alpha value is -1.57. The molecule has 0 unspecified atom stereocenters. The van der Waals surface area contributed by atoms with Crippen LogP contribution >= 0.6 is 11.6 Å². The highest BCUT2D eigenvalue weighted by Crippen LogP contribution is 2.26. The van der Waals surface area contributed by atoms with Gasteiger partial charge in [0.2, 0.25) is 0 Å². The third-order valence-electron chi connectivity index (χ3n) is 2.15. The van der Waals surface area contributed by atoms with Gasteiger partial charge in [-0.1, -0.05) is 11.6 Å². The summed E-state index contributed by atoms with van der Waals surface area (Å²) < 4.78 is 37.1. The average molecular weight is 268 g/mol. The summed E-state index contributed by atoms with van der Waals surface area (Å²) in [5, 5.41) is -0.0213. The number of nitrogens with one attached hydrogen (secondary N) is 1. The zero-order valence-corrected chi connectivity index (χ0v) is 8.89. The highest BCUT2D eigenvalue weighted by atomic mass is 35.5. The minimum absolute atomic E-state index is 0.0213. The fourth-order valence-electron chi connectivity index (χ4n) is 1.51. The Bertz CT molecular complexity index is 614. The maximum atomic E-state index is 12.3. The second-order valence-electron chi connectivity index (χ2n) is 3.43. The Morgan fingerprint density at radius 2 is 2.06 bits per heavy atom. The summed E-state index contributed by atoms with van der Waals surface area (Å²) in [6, 6.07) is 0.